The minimum absolute atomic E-state index is 0.106. The molecule has 5 nitrogen and oxygen atoms in total. The zero-order valence-electron chi connectivity index (χ0n) is 15.3. The smallest absolute Gasteiger partial charge is 0.257 e. The molecule has 3 aromatic rings. The molecular formula is C22H22N2O3. The average molecular weight is 362 g/mol. The maximum atomic E-state index is 13.1. The number of rotatable bonds is 2. The van der Waals surface area contributed by atoms with E-state index in [-0.39, 0.29) is 17.4 Å². The summed E-state index contributed by atoms with van der Waals surface area (Å²) in [6.45, 7) is 3.00. The molecule has 1 saturated heterocycles. The van der Waals surface area contributed by atoms with E-state index in [0.29, 0.717) is 40.9 Å². The Hall–Kier alpha value is -2.92. The van der Waals surface area contributed by atoms with E-state index in [1.54, 1.807) is 30.0 Å². The largest absolute Gasteiger partial charge is 0.455 e. The van der Waals surface area contributed by atoms with Crippen LogP contribution in [0, 0.1) is 6.92 Å². The molecule has 1 amide bonds. The summed E-state index contributed by atoms with van der Waals surface area (Å²) in [7, 11) is 0. The summed E-state index contributed by atoms with van der Waals surface area (Å²) >= 11 is 0. The van der Waals surface area contributed by atoms with Gasteiger partial charge in [0.15, 0.2) is 11.0 Å². The average Bonchev–Trinajstić information content (AvgIpc) is 2.71. The van der Waals surface area contributed by atoms with Crippen molar-refractivity contribution >= 4 is 16.9 Å². The number of benzene rings is 2. The van der Waals surface area contributed by atoms with Crippen molar-refractivity contribution in [2.75, 3.05) is 13.1 Å². The summed E-state index contributed by atoms with van der Waals surface area (Å²) in [5.41, 5.74) is 7.99. The monoisotopic (exact) mass is 362 g/mol. The number of likely N-dealkylation sites (tertiary alicyclic amines) is 1. The van der Waals surface area contributed by atoms with Gasteiger partial charge in [0.2, 0.25) is 0 Å². The van der Waals surface area contributed by atoms with Crippen molar-refractivity contribution in [2.24, 2.45) is 5.73 Å². The zero-order valence-corrected chi connectivity index (χ0v) is 15.3. The van der Waals surface area contributed by atoms with Crippen molar-refractivity contribution in [3.63, 3.8) is 0 Å². The lowest BCUT2D eigenvalue weighted by atomic mass is 10.0. The van der Waals surface area contributed by atoms with Crippen LogP contribution in [0.5, 0.6) is 0 Å². The van der Waals surface area contributed by atoms with Crippen molar-refractivity contribution in [1.29, 1.82) is 0 Å². The van der Waals surface area contributed by atoms with E-state index in [1.165, 1.54) is 0 Å². The summed E-state index contributed by atoms with van der Waals surface area (Å²) in [6.07, 6.45) is 1.57. The third-order valence-corrected chi connectivity index (χ3v) is 5.24. The number of nitrogens with zero attached hydrogens (tertiary/aromatic N) is 1. The third-order valence-electron chi connectivity index (χ3n) is 5.24. The molecule has 0 radical (unpaired) electrons. The Labute approximate surface area is 157 Å². The minimum Gasteiger partial charge on any atom is -0.455 e. The predicted octanol–water partition coefficient (Wildman–Crippen LogP) is 3.33. The van der Waals surface area contributed by atoms with Gasteiger partial charge in [-0.2, -0.15) is 0 Å². The molecule has 0 aliphatic carbocycles. The summed E-state index contributed by atoms with van der Waals surface area (Å²) in [5, 5.41) is 0.437. The molecule has 2 aromatic carbocycles. The van der Waals surface area contributed by atoms with E-state index in [1.807, 2.05) is 30.3 Å². The summed E-state index contributed by atoms with van der Waals surface area (Å²) in [4.78, 5) is 27.8. The molecule has 4 rings (SSSR count). The van der Waals surface area contributed by atoms with Crippen LogP contribution in [-0.2, 0) is 0 Å². The van der Waals surface area contributed by atoms with Crippen LogP contribution in [0.15, 0.2) is 57.7 Å². The Kier molecular flexibility index (Phi) is 4.54. The Balaban J connectivity index is 1.86. The van der Waals surface area contributed by atoms with Gasteiger partial charge in [-0.05, 0) is 31.9 Å². The van der Waals surface area contributed by atoms with Gasteiger partial charge < -0.3 is 15.1 Å². The van der Waals surface area contributed by atoms with Gasteiger partial charge in [-0.1, -0.05) is 36.4 Å². The number of hydrogen-bond acceptors (Lipinski definition) is 4. The minimum atomic E-state index is -0.112. The van der Waals surface area contributed by atoms with E-state index in [4.69, 9.17) is 10.2 Å². The molecular weight excluding hydrogens is 340 g/mol. The highest BCUT2D eigenvalue weighted by Gasteiger charge is 2.25. The number of para-hydroxylation sites is 1. The van der Waals surface area contributed by atoms with Gasteiger partial charge in [-0.3, -0.25) is 9.59 Å². The van der Waals surface area contributed by atoms with Gasteiger partial charge in [0, 0.05) is 30.3 Å². The fraction of sp³-hybridized carbons (Fsp3) is 0.273. The van der Waals surface area contributed by atoms with Gasteiger partial charge >= 0.3 is 0 Å². The third kappa shape index (κ3) is 3.15. The van der Waals surface area contributed by atoms with Gasteiger partial charge in [-0.15, -0.1) is 0 Å². The number of nitrogens with two attached hydrogens (primary N) is 1. The molecule has 1 aliphatic heterocycles. The maximum absolute atomic E-state index is 13.1. The van der Waals surface area contributed by atoms with E-state index in [0.717, 1.165) is 18.4 Å². The molecule has 0 atom stereocenters. The topological polar surface area (TPSA) is 76.5 Å². The Morgan fingerprint density at radius 1 is 1.07 bits per heavy atom. The Morgan fingerprint density at radius 2 is 1.78 bits per heavy atom. The van der Waals surface area contributed by atoms with Crippen LogP contribution < -0.4 is 11.2 Å². The van der Waals surface area contributed by atoms with Crippen molar-refractivity contribution in [1.82, 2.24) is 4.90 Å². The summed E-state index contributed by atoms with van der Waals surface area (Å²) in [5.74, 6) is 0.396. The van der Waals surface area contributed by atoms with Crippen LogP contribution in [0.1, 0.15) is 28.8 Å². The first-order valence-electron chi connectivity index (χ1n) is 9.23. The van der Waals surface area contributed by atoms with Gasteiger partial charge in [0.05, 0.1) is 10.9 Å². The van der Waals surface area contributed by atoms with E-state index >= 15 is 0 Å². The van der Waals surface area contributed by atoms with Crippen LogP contribution in [0.4, 0.5) is 0 Å². The van der Waals surface area contributed by atoms with Crippen LogP contribution in [0.25, 0.3) is 22.3 Å². The zero-order chi connectivity index (χ0) is 19.0. The maximum Gasteiger partial charge on any atom is 0.257 e. The molecule has 5 heteroatoms. The number of hydrogen-bond donors (Lipinski definition) is 1. The number of amides is 1. The molecule has 0 saturated carbocycles. The highest BCUT2D eigenvalue weighted by molar-refractivity contribution is 6.05. The van der Waals surface area contributed by atoms with Crippen LogP contribution >= 0.6 is 0 Å². The molecule has 0 spiro atoms. The number of fused-ring (bicyclic) bond motifs is 1. The van der Waals surface area contributed by atoms with Crippen molar-refractivity contribution in [2.45, 2.75) is 25.8 Å². The van der Waals surface area contributed by atoms with E-state index in [2.05, 4.69) is 0 Å². The van der Waals surface area contributed by atoms with E-state index < -0.39 is 0 Å². The molecule has 0 unspecified atom stereocenters. The molecule has 2 N–H and O–H groups in total. The van der Waals surface area contributed by atoms with Gasteiger partial charge in [-0.25, -0.2) is 0 Å². The fourth-order valence-corrected chi connectivity index (χ4v) is 3.62. The Morgan fingerprint density at radius 3 is 2.48 bits per heavy atom. The van der Waals surface area contributed by atoms with Crippen molar-refractivity contribution in [3.05, 3.63) is 69.9 Å². The van der Waals surface area contributed by atoms with Crippen molar-refractivity contribution in [3.8, 4) is 11.3 Å². The van der Waals surface area contributed by atoms with Crippen LogP contribution in [-0.4, -0.2) is 29.9 Å². The predicted molar refractivity (Wildman–Crippen MR) is 106 cm³/mol. The lowest BCUT2D eigenvalue weighted by Crippen LogP contribution is -2.42. The molecule has 27 heavy (non-hydrogen) atoms. The number of carbonyl (C=O) groups is 1. The Bertz CT molecular complexity index is 1050. The van der Waals surface area contributed by atoms with Crippen molar-refractivity contribution < 1.29 is 9.21 Å². The second-order valence-electron chi connectivity index (χ2n) is 7.06. The fourth-order valence-electron chi connectivity index (χ4n) is 3.62. The summed E-state index contributed by atoms with van der Waals surface area (Å²) in [6, 6.07) is 14.8. The molecule has 138 valence electrons. The second kappa shape index (κ2) is 7.00. The number of carbonyl (C=O) groups excluding carboxylic acids is 1. The van der Waals surface area contributed by atoms with Crippen LogP contribution in [0.3, 0.4) is 0 Å². The first kappa shape index (κ1) is 17.5. The lowest BCUT2D eigenvalue weighted by molar-refractivity contribution is 0.0715. The molecule has 2 heterocycles. The van der Waals surface area contributed by atoms with E-state index in [9.17, 15) is 9.59 Å². The molecule has 1 fully saturated rings. The highest BCUT2D eigenvalue weighted by atomic mass is 16.3. The standard InChI is InChI=1S/C22H22N2O3/c1-14-19(25)17-8-5-9-18(22(26)24-12-10-16(23)11-13-24)21(17)27-20(14)15-6-3-2-4-7-15/h2-9,16H,10-13,23H2,1H3. The van der Waals surface area contributed by atoms with Gasteiger partial charge in [0.1, 0.15) is 5.76 Å². The SMILES string of the molecule is Cc1c(-c2ccccc2)oc2c(C(=O)N3CCC(N)CC3)cccc2c1=O. The lowest BCUT2D eigenvalue weighted by Gasteiger charge is -2.30. The summed E-state index contributed by atoms with van der Waals surface area (Å²) < 4.78 is 6.15. The molecule has 1 aromatic heterocycles. The quantitative estimate of drug-likeness (QED) is 0.759. The first-order valence-corrected chi connectivity index (χ1v) is 9.23. The highest BCUT2D eigenvalue weighted by Crippen LogP contribution is 2.28. The van der Waals surface area contributed by atoms with Crippen LogP contribution in [0.2, 0.25) is 0 Å². The number of piperidine rings is 1. The molecule has 0 bridgehead atoms. The normalized spacial score (nSPS) is 15.3. The second-order valence-corrected chi connectivity index (χ2v) is 7.06. The molecule has 1 aliphatic rings. The van der Waals surface area contributed by atoms with Gasteiger partial charge in [0.25, 0.3) is 5.91 Å². The first-order chi connectivity index (χ1) is 13.1.